The lowest BCUT2D eigenvalue weighted by Crippen LogP contribution is -2.04. The summed E-state index contributed by atoms with van der Waals surface area (Å²) in [5.41, 5.74) is 1.10. The highest BCUT2D eigenvalue weighted by molar-refractivity contribution is 5.73. The zero-order valence-corrected chi connectivity index (χ0v) is 9.59. The van der Waals surface area contributed by atoms with Crippen LogP contribution in [0.5, 0.6) is 0 Å². The number of rotatable bonds is 1. The first kappa shape index (κ1) is 11.7. The van der Waals surface area contributed by atoms with Crippen LogP contribution < -0.4 is 0 Å². The van der Waals surface area contributed by atoms with Gasteiger partial charge in [0.2, 0.25) is 0 Å². The SMILES string of the molecule is FC(F)(F)c1ccc(-c2nccn3ccnc23)cc1. The molecule has 19 heavy (non-hydrogen) atoms. The Balaban J connectivity index is 2.10. The summed E-state index contributed by atoms with van der Waals surface area (Å²) < 4.78 is 39.2. The molecule has 0 amide bonds. The Morgan fingerprint density at radius 1 is 0.895 bits per heavy atom. The minimum absolute atomic E-state index is 0.557. The molecule has 0 N–H and O–H groups in total. The maximum absolute atomic E-state index is 12.5. The molecule has 0 aliphatic carbocycles. The molecule has 0 aliphatic heterocycles. The molecule has 3 nitrogen and oxygen atoms in total. The van der Waals surface area contributed by atoms with Crippen molar-refractivity contribution in [2.45, 2.75) is 6.18 Å². The van der Waals surface area contributed by atoms with Crippen molar-refractivity contribution in [1.29, 1.82) is 0 Å². The van der Waals surface area contributed by atoms with Crippen LogP contribution in [-0.2, 0) is 6.18 Å². The van der Waals surface area contributed by atoms with Crippen LogP contribution in [0.15, 0.2) is 49.1 Å². The van der Waals surface area contributed by atoms with E-state index in [1.54, 1.807) is 29.2 Å². The zero-order chi connectivity index (χ0) is 13.5. The first-order valence-corrected chi connectivity index (χ1v) is 5.51. The van der Waals surface area contributed by atoms with Gasteiger partial charge in [0.25, 0.3) is 0 Å². The van der Waals surface area contributed by atoms with E-state index in [9.17, 15) is 13.2 Å². The van der Waals surface area contributed by atoms with Crippen LogP contribution in [0.3, 0.4) is 0 Å². The highest BCUT2D eigenvalue weighted by Crippen LogP contribution is 2.31. The van der Waals surface area contributed by atoms with E-state index in [-0.39, 0.29) is 0 Å². The van der Waals surface area contributed by atoms with Gasteiger partial charge in [-0.15, -0.1) is 0 Å². The molecule has 0 fully saturated rings. The molecule has 96 valence electrons. The van der Waals surface area contributed by atoms with Crippen LogP contribution in [0, 0.1) is 0 Å². The lowest BCUT2D eigenvalue weighted by atomic mass is 10.1. The molecule has 3 aromatic rings. The van der Waals surface area contributed by atoms with E-state index in [2.05, 4.69) is 9.97 Å². The van der Waals surface area contributed by atoms with Crippen molar-refractivity contribution in [1.82, 2.24) is 14.4 Å². The molecule has 3 rings (SSSR count). The average Bonchev–Trinajstić information content (AvgIpc) is 2.86. The molecule has 0 bridgehead atoms. The number of fused-ring (bicyclic) bond motifs is 1. The molecule has 0 saturated heterocycles. The largest absolute Gasteiger partial charge is 0.416 e. The van der Waals surface area contributed by atoms with Crippen molar-refractivity contribution < 1.29 is 13.2 Å². The summed E-state index contributed by atoms with van der Waals surface area (Å²) >= 11 is 0. The molecule has 0 radical (unpaired) electrons. The molecule has 0 saturated carbocycles. The average molecular weight is 263 g/mol. The summed E-state index contributed by atoms with van der Waals surface area (Å²) in [5.74, 6) is 0. The van der Waals surface area contributed by atoms with E-state index in [4.69, 9.17) is 0 Å². The summed E-state index contributed by atoms with van der Waals surface area (Å²) in [5, 5.41) is 0. The maximum Gasteiger partial charge on any atom is 0.416 e. The molecular weight excluding hydrogens is 255 g/mol. The molecule has 0 aliphatic rings. The van der Waals surface area contributed by atoms with Gasteiger partial charge in [0, 0.05) is 30.4 Å². The minimum Gasteiger partial charge on any atom is -0.304 e. The number of halogens is 3. The van der Waals surface area contributed by atoms with Gasteiger partial charge in [0.05, 0.1) is 5.56 Å². The summed E-state index contributed by atoms with van der Waals surface area (Å²) in [7, 11) is 0. The summed E-state index contributed by atoms with van der Waals surface area (Å²) in [6.07, 6.45) is 2.36. The van der Waals surface area contributed by atoms with E-state index >= 15 is 0 Å². The van der Waals surface area contributed by atoms with Gasteiger partial charge in [0.15, 0.2) is 5.65 Å². The lowest BCUT2D eigenvalue weighted by Gasteiger charge is -2.07. The van der Waals surface area contributed by atoms with Gasteiger partial charge < -0.3 is 4.40 Å². The molecule has 2 aromatic heterocycles. The number of hydrogen-bond acceptors (Lipinski definition) is 2. The number of benzene rings is 1. The fraction of sp³-hybridized carbons (Fsp3) is 0.0769. The Morgan fingerprint density at radius 2 is 1.53 bits per heavy atom. The van der Waals surface area contributed by atoms with E-state index < -0.39 is 11.7 Å². The molecule has 0 spiro atoms. The van der Waals surface area contributed by atoms with Crippen molar-refractivity contribution in [3.63, 3.8) is 0 Å². The Labute approximate surface area is 106 Å². The number of imidazole rings is 1. The quantitative estimate of drug-likeness (QED) is 0.673. The third-order valence-electron chi connectivity index (χ3n) is 2.80. The second-order valence-electron chi connectivity index (χ2n) is 4.01. The third-order valence-corrected chi connectivity index (χ3v) is 2.80. The van der Waals surface area contributed by atoms with Gasteiger partial charge in [0.1, 0.15) is 5.69 Å². The van der Waals surface area contributed by atoms with Crippen LogP contribution in [0.25, 0.3) is 16.9 Å². The predicted molar refractivity (Wildman–Crippen MR) is 63.4 cm³/mol. The number of alkyl halides is 3. The number of aromatic nitrogens is 3. The monoisotopic (exact) mass is 263 g/mol. The van der Waals surface area contributed by atoms with Gasteiger partial charge in [-0.1, -0.05) is 12.1 Å². The Morgan fingerprint density at radius 3 is 2.16 bits per heavy atom. The summed E-state index contributed by atoms with van der Waals surface area (Å²) in [4.78, 5) is 8.32. The van der Waals surface area contributed by atoms with Crippen molar-refractivity contribution in [2.24, 2.45) is 0 Å². The van der Waals surface area contributed by atoms with Crippen molar-refractivity contribution in [2.75, 3.05) is 0 Å². The first-order valence-electron chi connectivity index (χ1n) is 5.51. The summed E-state index contributed by atoms with van der Waals surface area (Å²) in [6, 6.07) is 4.90. The van der Waals surface area contributed by atoms with Crippen LogP contribution in [-0.4, -0.2) is 14.4 Å². The van der Waals surface area contributed by atoms with Crippen molar-refractivity contribution in [3.8, 4) is 11.3 Å². The van der Waals surface area contributed by atoms with Gasteiger partial charge >= 0.3 is 6.18 Å². The smallest absolute Gasteiger partial charge is 0.304 e. The lowest BCUT2D eigenvalue weighted by molar-refractivity contribution is -0.137. The topological polar surface area (TPSA) is 30.2 Å². The Hall–Kier alpha value is -2.37. The zero-order valence-electron chi connectivity index (χ0n) is 9.59. The van der Waals surface area contributed by atoms with Crippen LogP contribution in [0.2, 0.25) is 0 Å². The standard InChI is InChI=1S/C13H8F3N3/c14-13(15,16)10-3-1-9(2-4-10)11-12-18-6-8-19(12)7-5-17-11/h1-8H. The van der Waals surface area contributed by atoms with Gasteiger partial charge in [-0.25, -0.2) is 4.98 Å². The molecule has 2 heterocycles. The van der Waals surface area contributed by atoms with Gasteiger partial charge in [-0.2, -0.15) is 13.2 Å². The van der Waals surface area contributed by atoms with Crippen LogP contribution in [0.4, 0.5) is 13.2 Å². The van der Waals surface area contributed by atoms with Gasteiger partial charge in [-0.05, 0) is 12.1 Å². The van der Waals surface area contributed by atoms with E-state index in [0.29, 0.717) is 16.9 Å². The fourth-order valence-electron chi connectivity index (χ4n) is 1.87. The van der Waals surface area contributed by atoms with Crippen molar-refractivity contribution >= 4 is 5.65 Å². The predicted octanol–water partition coefficient (Wildman–Crippen LogP) is 3.42. The molecule has 1 aromatic carbocycles. The van der Waals surface area contributed by atoms with Crippen LogP contribution in [0.1, 0.15) is 5.56 Å². The second-order valence-corrected chi connectivity index (χ2v) is 4.01. The van der Waals surface area contributed by atoms with Crippen molar-refractivity contribution in [3.05, 3.63) is 54.6 Å². The van der Waals surface area contributed by atoms with Crippen LogP contribution >= 0.6 is 0 Å². The highest BCUT2D eigenvalue weighted by Gasteiger charge is 2.30. The van der Waals surface area contributed by atoms with Gasteiger partial charge in [-0.3, -0.25) is 4.98 Å². The normalized spacial score (nSPS) is 11.9. The minimum atomic E-state index is -4.33. The van der Waals surface area contributed by atoms with E-state index in [1.807, 2.05) is 0 Å². The van der Waals surface area contributed by atoms with E-state index in [0.717, 1.165) is 12.1 Å². The first-order chi connectivity index (χ1) is 9.05. The molecule has 0 unspecified atom stereocenters. The summed E-state index contributed by atoms with van der Waals surface area (Å²) in [6.45, 7) is 0. The third kappa shape index (κ3) is 2.05. The van der Waals surface area contributed by atoms with E-state index in [1.165, 1.54) is 12.1 Å². The Bertz CT molecular complexity index is 714. The number of nitrogens with zero attached hydrogens (tertiary/aromatic N) is 3. The number of hydrogen-bond donors (Lipinski definition) is 0. The maximum atomic E-state index is 12.5. The second kappa shape index (κ2) is 4.08. The highest BCUT2D eigenvalue weighted by atomic mass is 19.4. The Kier molecular flexibility index (Phi) is 2.51. The fourth-order valence-corrected chi connectivity index (χ4v) is 1.87. The molecular formula is C13H8F3N3. The molecule has 6 heteroatoms. The molecule has 0 atom stereocenters.